The third kappa shape index (κ3) is 3.27. The van der Waals surface area contributed by atoms with Gasteiger partial charge < -0.3 is 10.2 Å². The second-order valence-electron chi connectivity index (χ2n) is 5.82. The minimum atomic E-state index is 0.0131. The van der Waals surface area contributed by atoms with Crippen LogP contribution in [0.3, 0.4) is 0 Å². The summed E-state index contributed by atoms with van der Waals surface area (Å²) in [7, 11) is 0. The average molecular weight is 285 g/mol. The van der Waals surface area contributed by atoms with Crippen LogP contribution in [-0.4, -0.2) is 48.1 Å². The van der Waals surface area contributed by atoms with Crippen molar-refractivity contribution in [2.24, 2.45) is 0 Å². The summed E-state index contributed by atoms with van der Waals surface area (Å²) < 4.78 is 0. The number of carbonyl (C=O) groups excluding carboxylic acids is 1. The highest BCUT2D eigenvalue weighted by molar-refractivity contribution is 5.75. The first-order valence-corrected chi connectivity index (χ1v) is 7.74. The predicted octanol–water partition coefficient (Wildman–Crippen LogP) is 2.40. The number of nitrogens with one attached hydrogen (secondary N) is 1. The molecule has 0 radical (unpaired) electrons. The summed E-state index contributed by atoms with van der Waals surface area (Å²) in [5.41, 5.74) is 1.22. The molecule has 1 saturated heterocycles. The molecular weight excluding hydrogens is 262 g/mol. The number of hydrogen-bond donors (Lipinski definition) is 1. The van der Waals surface area contributed by atoms with Gasteiger partial charge in [-0.05, 0) is 18.4 Å². The molecule has 1 aliphatic heterocycles. The molecule has 1 atom stereocenters. The summed E-state index contributed by atoms with van der Waals surface area (Å²) in [5, 5.41) is 2.91. The van der Waals surface area contributed by atoms with Crippen LogP contribution in [0, 0.1) is 0 Å². The monoisotopic (exact) mass is 285 g/mol. The van der Waals surface area contributed by atoms with Gasteiger partial charge in [0.05, 0.1) is 6.04 Å². The van der Waals surface area contributed by atoms with Gasteiger partial charge >= 0.3 is 6.03 Å². The SMILES string of the molecule is C=CCNC(=O)N1CCN(C2CC2)CC1c1ccccc1. The molecule has 3 rings (SSSR count). The molecule has 1 heterocycles. The van der Waals surface area contributed by atoms with E-state index in [0.29, 0.717) is 6.54 Å². The lowest BCUT2D eigenvalue weighted by Gasteiger charge is -2.41. The Balaban J connectivity index is 1.76. The van der Waals surface area contributed by atoms with Crippen LogP contribution in [-0.2, 0) is 0 Å². The molecule has 1 unspecified atom stereocenters. The Hall–Kier alpha value is -1.81. The molecule has 1 aromatic rings. The lowest BCUT2D eigenvalue weighted by molar-refractivity contribution is 0.0897. The molecule has 0 aromatic heterocycles. The molecule has 1 aliphatic carbocycles. The average Bonchev–Trinajstić information content (AvgIpc) is 3.38. The van der Waals surface area contributed by atoms with Crippen LogP contribution in [0.25, 0.3) is 0 Å². The molecule has 112 valence electrons. The first-order valence-electron chi connectivity index (χ1n) is 7.74. The Morgan fingerprint density at radius 3 is 2.71 bits per heavy atom. The van der Waals surface area contributed by atoms with Crippen molar-refractivity contribution in [2.75, 3.05) is 26.2 Å². The van der Waals surface area contributed by atoms with Crippen LogP contribution in [0.4, 0.5) is 4.79 Å². The molecule has 0 bridgehead atoms. The Labute approximate surface area is 126 Å². The molecule has 2 fully saturated rings. The Morgan fingerprint density at radius 1 is 1.29 bits per heavy atom. The molecule has 2 amide bonds. The summed E-state index contributed by atoms with van der Waals surface area (Å²) in [4.78, 5) is 16.9. The van der Waals surface area contributed by atoms with Crippen molar-refractivity contribution >= 4 is 6.03 Å². The highest BCUT2D eigenvalue weighted by Crippen LogP contribution is 2.33. The quantitative estimate of drug-likeness (QED) is 0.862. The van der Waals surface area contributed by atoms with E-state index in [2.05, 4.69) is 28.9 Å². The van der Waals surface area contributed by atoms with Crippen LogP contribution in [0.15, 0.2) is 43.0 Å². The van der Waals surface area contributed by atoms with Gasteiger partial charge in [-0.25, -0.2) is 4.79 Å². The lowest BCUT2D eigenvalue weighted by Crippen LogP contribution is -2.53. The van der Waals surface area contributed by atoms with Gasteiger partial charge in [-0.1, -0.05) is 36.4 Å². The first kappa shape index (κ1) is 14.1. The number of amides is 2. The fourth-order valence-electron chi connectivity index (χ4n) is 3.04. The summed E-state index contributed by atoms with van der Waals surface area (Å²) in [6.07, 6.45) is 4.34. The van der Waals surface area contributed by atoms with E-state index < -0.39 is 0 Å². The second-order valence-corrected chi connectivity index (χ2v) is 5.82. The standard InChI is InChI=1S/C17H23N3O/c1-2-10-18-17(21)20-12-11-19(15-8-9-15)13-16(20)14-6-4-3-5-7-14/h2-7,15-16H,1,8-13H2,(H,18,21). The van der Waals surface area contributed by atoms with Crippen molar-refractivity contribution in [1.29, 1.82) is 0 Å². The maximum absolute atomic E-state index is 12.4. The van der Waals surface area contributed by atoms with Gasteiger partial charge in [-0.3, -0.25) is 4.90 Å². The maximum atomic E-state index is 12.4. The van der Waals surface area contributed by atoms with Crippen molar-refractivity contribution in [3.63, 3.8) is 0 Å². The first-order chi connectivity index (χ1) is 10.3. The highest BCUT2D eigenvalue weighted by Gasteiger charge is 2.37. The van der Waals surface area contributed by atoms with Crippen LogP contribution >= 0.6 is 0 Å². The largest absolute Gasteiger partial charge is 0.335 e. The van der Waals surface area contributed by atoms with Crippen LogP contribution in [0.2, 0.25) is 0 Å². The molecule has 0 spiro atoms. The van der Waals surface area contributed by atoms with Gasteiger partial charge in [-0.15, -0.1) is 6.58 Å². The zero-order valence-corrected chi connectivity index (χ0v) is 12.4. The van der Waals surface area contributed by atoms with Crippen LogP contribution in [0.1, 0.15) is 24.4 Å². The minimum absolute atomic E-state index is 0.0131. The normalized spacial score (nSPS) is 22.9. The molecule has 2 aliphatic rings. The molecule has 4 nitrogen and oxygen atoms in total. The summed E-state index contributed by atoms with van der Waals surface area (Å²) in [6.45, 7) is 6.89. The zero-order valence-electron chi connectivity index (χ0n) is 12.4. The Morgan fingerprint density at radius 2 is 2.05 bits per heavy atom. The smallest absolute Gasteiger partial charge is 0.318 e. The number of benzene rings is 1. The van der Waals surface area contributed by atoms with Gasteiger partial charge in [-0.2, -0.15) is 0 Å². The lowest BCUT2D eigenvalue weighted by atomic mass is 10.0. The topological polar surface area (TPSA) is 35.6 Å². The fourth-order valence-corrected chi connectivity index (χ4v) is 3.04. The third-order valence-electron chi connectivity index (χ3n) is 4.32. The summed E-state index contributed by atoms with van der Waals surface area (Å²) in [6, 6.07) is 11.3. The van der Waals surface area contributed by atoms with E-state index in [1.54, 1.807) is 6.08 Å². The van der Waals surface area contributed by atoms with Crippen molar-refractivity contribution in [3.8, 4) is 0 Å². The van der Waals surface area contributed by atoms with E-state index in [9.17, 15) is 4.79 Å². The van der Waals surface area contributed by atoms with Crippen molar-refractivity contribution in [2.45, 2.75) is 24.9 Å². The number of nitrogens with zero attached hydrogens (tertiary/aromatic N) is 2. The molecule has 1 saturated carbocycles. The molecule has 4 heteroatoms. The van der Waals surface area contributed by atoms with E-state index in [1.165, 1.54) is 18.4 Å². The van der Waals surface area contributed by atoms with Gasteiger partial charge in [0.25, 0.3) is 0 Å². The number of urea groups is 1. The van der Waals surface area contributed by atoms with Crippen molar-refractivity contribution in [1.82, 2.24) is 15.1 Å². The summed E-state index contributed by atoms with van der Waals surface area (Å²) >= 11 is 0. The van der Waals surface area contributed by atoms with Gasteiger partial charge in [0, 0.05) is 32.2 Å². The molecular formula is C17H23N3O. The van der Waals surface area contributed by atoms with Crippen molar-refractivity contribution < 1.29 is 4.79 Å². The van der Waals surface area contributed by atoms with Crippen LogP contribution < -0.4 is 5.32 Å². The minimum Gasteiger partial charge on any atom is -0.335 e. The number of rotatable bonds is 4. The van der Waals surface area contributed by atoms with E-state index in [1.807, 2.05) is 23.1 Å². The Kier molecular flexibility index (Phi) is 4.25. The second kappa shape index (κ2) is 6.31. The molecule has 1 aromatic carbocycles. The predicted molar refractivity (Wildman–Crippen MR) is 84.1 cm³/mol. The van der Waals surface area contributed by atoms with Gasteiger partial charge in [0.2, 0.25) is 0 Å². The number of carbonyl (C=O) groups is 1. The van der Waals surface area contributed by atoms with Gasteiger partial charge in [0.15, 0.2) is 0 Å². The van der Waals surface area contributed by atoms with E-state index in [-0.39, 0.29) is 12.1 Å². The third-order valence-corrected chi connectivity index (χ3v) is 4.32. The highest BCUT2D eigenvalue weighted by atomic mass is 16.2. The number of hydrogen-bond acceptors (Lipinski definition) is 2. The molecule has 1 N–H and O–H groups in total. The van der Waals surface area contributed by atoms with E-state index in [0.717, 1.165) is 25.7 Å². The summed E-state index contributed by atoms with van der Waals surface area (Å²) in [5.74, 6) is 0. The maximum Gasteiger partial charge on any atom is 0.318 e. The van der Waals surface area contributed by atoms with E-state index in [4.69, 9.17) is 0 Å². The van der Waals surface area contributed by atoms with Crippen LogP contribution in [0.5, 0.6) is 0 Å². The zero-order chi connectivity index (χ0) is 14.7. The van der Waals surface area contributed by atoms with Gasteiger partial charge in [0.1, 0.15) is 0 Å². The Bertz CT molecular complexity index is 498. The number of piperazine rings is 1. The van der Waals surface area contributed by atoms with E-state index >= 15 is 0 Å². The molecule has 21 heavy (non-hydrogen) atoms. The fraction of sp³-hybridized carbons (Fsp3) is 0.471. The van der Waals surface area contributed by atoms with Crippen molar-refractivity contribution in [3.05, 3.63) is 48.6 Å².